The van der Waals surface area contributed by atoms with E-state index < -0.39 is 6.10 Å². The molecule has 3 aromatic heterocycles. The van der Waals surface area contributed by atoms with Crippen LogP contribution in [0.2, 0.25) is 0 Å². The highest BCUT2D eigenvalue weighted by atomic mass is 19.1. The van der Waals surface area contributed by atoms with E-state index in [9.17, 15) is 19.1 Å². The predicted octanol–water partition coefficient (Wildman–Crippen LogP) is 4.00. The largest absolute Gasteiger partial charge is 0.384 e. The Morgan fingerprint density at radius 1 is 1.05 bits per heavy atom. The number of nitrogen functional groups attached to an aromatic ring is 1. The Bertz CT molecular complexity index is 1570. The van der Waals surface area contributed by atoms with Gasteiger partial charge in [0.05, 0.1) is 23.1 Å². The van der Waals surface area contributed by atoms with Gasteiger partial charge in [0.15, 0.2) is 11.4 Å². The third kappa shape index (κ3) is 4.24. The summed E-state index contributed by atoms with van der Waals surface area (Å²) in [6, 6.07) is 9.88. The Morgan fingerprint density at radius 3 is 2.31 bits per heavy atom. The van der Waals surface area contributed by atoms with Crippen molar-refractivity contribution in [3.05, 3.63) is 65.9 Å². The van der Waals surface area contributed by atoms with Crippen LogP contribution in [0.4, 0.5) is 10.2 Å². The first-order valence-corrected chi connectivity index (χ1v) is 13.1. The molecule has 0 saturated carbocycles. The summed E-state index contributed by atoms with van der Waals surface area (Å²) in [4.78, 5) is 36.8. The van der Waals surface area contributed by atoms with Gasteiger partial charge in [-0.1, -0.05) is 6.07 Å². The van der Waals surface area contributed by atoms with Crippen molar-refractivity contribution in [1.82, 2.24) is 24.5 Å². The number of aliphatic hydroxyl groups excluding tert-OH is 1. The van der Waals surface area contributed by atoms with Crippen molar-refractivity contribution in [2.45, 2.75) is 63.6 Å². The third-order valence-corrected chi connectivity index (χ3v) is 8.01. The van der Waals surface area contributed by atoms with E-state index in [1.807, 2.05) is 17.0 Å². The summed E-state index contributed by atoms with van der Waals surface area (Å²) < 4.78 is 14.8. The van der Waals surface area contributed by atoms with Crippen molar-refractivity contribution in [2.24, 2.45) is 0 Å². The third-order valence-electron chi connectivity index (χ3n) is 8.01. The minimum Gasteiger partial charge on any atom is -0.384 e. The lowest BCUT2D eigenvalue weighted by molar-refractivity contribution is -0.144. The molecule has 0 aliphatic carbocycles. The summed E-state index contributed by atoms with van der Waals surface area (Å²) in [7, 11) is 0. The zero-order valence-electron chi connectivity index (χ0n) is 21.7. The fraction of sp³-hybridized carbons (Fsp3) is 0.345. The van der Waals surface area contributed by atoms with Crippen molar-refractivity contribution in [2.75, 3.05) is 5.73 Å². The Morgan fingerprint density at radius 2 is 1.72 bits per heavy atom. The molecule has 5 heterocycles. The first kappa shape index (κ1) is 25.1. The van der Waals surface area contributed by atoms with Gasteiger partial charge in [0.1, 0.15) is 17.7 Å². The molecule has 0 radical (unpaired) electrons. The van der Waals surface area contributed by atoms with Crippen molar-refractivity contribution >= 4 is 23.2 Å². The van der Waals surface area contributed by atoms with Gasteiger partial charge in [0.2, 0.25) is 0 Å². The zero-order chi connectivity index (χ0) is 27.4. The van der Waals surface area contributed by atoms with Crippen LogP contribution in [0, 0.1) is 5.82 Å². The minimum atomic E-state index is -1.04. The number of fused-ring (bicyclic) bond motifs is 3. The van der Waals surface area contributed by atoms with Crippen molar-refractivity contribution in [3.8, 4) is 22.4 Å². The molecule has 2 fully saturated rings. The maximum Gasteiger partial charge on any atom is 0.251 e. The molecule has 6 rings (SSSR count). The van der Waals surface area contributed by atoms with E-state index in [-0.39, 0.29) is 41.3 Å². The quantitative estimate of drug-likeness (QED) is 0.375. The lowest BCUT2D eigenvalue weighted by Crippen LogP contribution is -2.49. The SMILES string of the molecule is CC(=O)c1c([C@@H]2C[C@H]3CC[C@@H](C2)N3C(=O)[C@@H](C)O)nc2c(-c3ccc(-c4ccc(F)cc4)nc3)cnn2c1N. The fourth-order valence-electron chi connectivity index (χ4n) is 6.21. The number of aromatic nitrogens is 4. The van der Waals surface area contributed by atoms with Crippen LogP contribution in [0.25, 0.3) is 28.0 Å². The van der Waals surface area contributed by atoms with E-state index in [0.29, 0.717) is 35.4 Å². The second-order valence-electron chi connectivity index (χ2n) is 10.5. The van der Waals surface area contributed by atoms with Gasteiger partial charge in [-0.15, -0.1) is 0 Å². The molecular formula is C29H29FN6O3. The van der Waals surface area contributed by atoms with Crippen LogP contribution < -0.4 is 5.73 Å². The average Bonchev–Trinajstić information content (AvgIpc) is 3.46. The van der Waals surface area contributed by atoms with Crippen LogP contribution in [0.5, 0.6) is 0 Å². The fourth-order valence-corrected chi connectivity index (χ4v) is 6.21. The molecule has 3 N–H and O–H groups in total. The molecule has 9 nitrogen and oxygen atoms in total. The number of nitrogens with zero attached hydrogens (tertiary/aromatic N) is 5. The Kier molecular flexibility index (Phi) is 6.14. The number of ketones is 1. The first-order valence-electron chi connectivity index (χ1n) is 13.1. The topological polar surface area (TPSA) is 127 Å². The lowest BCUT2D eigenvalue weighted by Gasteiger charge is -2.39. The second-order valence-corrected chi connectivity index (χ2v) is 10.5. The number of rotatable bonds is 5. The molecule has 0 spiro atoms. The number of hydrogen-bond acceptors (Lipinski definition) is 7. The molecular weight excluding hydrogens is 499 g/mol. The van der Waals surface area contributed by atoms with Crippen LogP contribution in [-0.4, -0.2) is 59.5 Å². The van der Waals surface area contributed by atoms with Crippen molar-refractivity contribution in [3.63, 3.8) is 0 Å². The van der Waals surface area contributed by atoms with E-state index in [2.05, 4.69) is 10.1 Å². The van der Waals surface area contributed by atoms with Gasteiger partial charge in [-0.3, -0.25) is 14.6 Å². The normalized spacial score (nSPS) is 21.3. The van der Waals surface area contributed by atoms with Crippen LogP contribution >= 0.6 is 0 Å². The van der Waals surface area contributed by atoms with Crippen molar-refractivity contribution < 1.29 is 19.1 Å². The number of carbonyl (C=O) groups is 2. The Balaban J connectivity index is 1.39. The van der Waals surface area contributed by atoms with E-state index in [0.717, 1.165) is 29.5 Å². The molecule has 2 bridgehead atoms. The molecule has 1 aromatic carbocycles. The minimum absolute atomic E-state index is 0.0116. The van der Waals surface area contributed by atoms with Gasteiger partial charge in [-0.05, 0) is 69.9 Å². The Labute approximate surface area is 224 Å². The number of benzene rings is 1. The number of piperidine rings is 1. The summed E-state index contributed by atoms with van der Waals surface area (Å²) in [5.74, 6) is -0.563. The highest BCUT2D eigenvalue weighted by Crippen LogP contribution is 2.44. The maximum atomic E-state index is 13.3. The van der Waals surface area contributed by atoms with E-state index in [1.54, 1.807) is 24.5 Å². The van der Waals surface area contributed by atoms with Gasteiger partial charge < -0.3 is 15.7 Å². The van der Waals surface area contributed by atoms with Gasteiger partial charge in [0.25, 0.3) is 5.91 Å². The molecule has 2 saturated heterocycles. The smallest absolute Gasteiger partial charge is 0.251 e. The average molecular weight is 529 g/mol. The molecule has 1 amide bonds. The van der Waals surface area contributed by atoms with Crippen LogP contribution in [0.1, 0.15) is 61.5 Å². The number of pyridine rings is 1. The standard InChI is InChI=1S/C29H29FN6O3/c1-15(37)25-26(19-11-21-8-9-22(12-19)35(21)29(39)16(2)38)34-28-23(14-33-36(28)27(25)31)18-5-10-24(32-13-18)17-3-6-20(30)7-4-17/h3-7,10,13-14,16,19,21-22,38H,8-9,11-12,31H2,1-2H3/t16-,19-,21-,22+/m1/s1. The number of nitrogens with two attached hydrogens (primary N) is 1. The highest BCUT2D eigenvalue weighted by Gasteiger charge is 2.45. The molecule has 2 aliphatic heterocycles. The monoisotopic (exact) mass is 528 g/mol. The highest BCUT2D eigenvalue weighted by molar-refractivity contribution is 6.00. The number of aliphatic hydroxyl groups is 1. The maximum absolute atomic E-state index is 13.3. The predicted molar refractivity (Wildman–Crippen MR) is 143 cm³/mol. The van der Waals surface area contributed by atoms with Gasteiger partial charge in [0, 0.05) is 40.9 Å². The molecule has 0 unspecified atom stereocenters. The number of anilines is 1. The number of hydrogen-bond donors (Lipinski definition) is 2. The van der Waals surface area contributed by atoms with E-state index in [4.69, 9.17) is 10.7 Å². The van der Waals surface area contributed by atoms with E-state index in [1.165, 1.54) is 30.5 Å². The molecule has 4 aromatic rings. The Hall–Kier alpha value is -4.18. The van der Waals surface area contributed by atoms with Crippen molar-refractivity contribution in [1.29, 1.82) is 0 Å². The first-order chi connectivity index (χ1) is 18.7. The zero-order valence-corrected chi connectivity index (χ0v) is 21.7. The summed E-state index contributed by atoms with van der Waals surface area (Å²) in [6.45, 7) is 2.98. The summed E-state index contributed by atoms with van der Waals surface area (Å²) in [5, 5.41) is 14.3. The number of amides is 1. The second kappa shape index (κ2) is 9.53. The van der Waals surface area contributed by atoms with Gasteiger partial charge >= 0.3 is 0 Å². The summed E-state index contributed by atoms with van der Waals surface area (Å²) >= 11 is 0. The summed E-state index contributed by atoms with van der Waals surface area (Å²) in [5.41, 5.74) is 11.1. The molecule has 39 heavy (non-hydrogen) atoms. The van der Waals surface area contributed by atoms with Crippen LogP contribution in [-0.2, 0) is 4.79 Å². The number of halogens is 1. The molecule has 2 aliphatic rings. The molecule has 200 valence electrons. The van der Waals surface area contributed by atoms with E-state index >= 15 is 0 Å². The number of Topliss-reactive ketones (excluding diaryl/α,β-unsaturated/α-hetero) is 1. The number of carbonyl (C=O) groups excluding carboxylic acids is 2. The summed E-state index contributed by atoms with van der Waals surface area (Å²) in [6.07, 6.45) is 5.35. The molecule has 10 heteroatoms. The van der Waals surface area contributed by atoms with Crippen LogP contribution in [0.3, 0.4) is 0 Å². The lowest BCUT2D eigenvalue weighted by atomic mass is 9.85. The van der Waals surface area contributed by atoms with Gasteiger partial charge in [-0.2, -0.15) is 9.61 Å². The van der Waals surface area contributed by atoms with Gasteiger partial charge in [-0.25, -0.2) is 9.37 Å². The van der Waals surface area contributed by atoms with Crippen LogP contribution in [0.15, 0.2) is 48.8 Å². The molecule has 4 atom stereocenters.